The zero-order valence-corrected chi connectivity index (χ0v) is 11.1. The molecule has 1 aliphatic carbocycles. The summed E-state index contributed by atoms with van der Waals surface area (Å²) in [5.41, 5.74) is 1.30. The Morgan fingerprint density at radius 2 is 1.72 bits per heavy atom. The molecular weight excluding hydrogens is 222 g/mol. The van der Waals surface area contributed by atoms with E-state index in [1.807, 2.05) is 6.07 Å². The first-order chi connectivity index (χ1) is 8.88. The van der Waals surface area contributed by atoms with Crippen LogP contribution in [0, 0.1) is 0 Å². The van der Waals surface area contributed by atoms with Crippen LogP contribution in [0.5, 0.6) is 0 Å². The topological polar surface area (TPSA) is 32.3 Å². The number of nitrogens with one attached hydrogen (secondary N) is 1. The van der Waals surface area contributed by atoms with Gasteiger partial charge in [0.1, 0.15) is 0 Å². The van der Waals surface area contributed by atoms with E-state index in [2.05, 4.69) is 29.6 Å². The van der Waals surface area contributed by atoms with Crippen LogP contribution in [-0.4, -0.2) is 23.8 Å². The van der Waals surface area contributed by atoms with Crippen molar-refractivity contribution in [1.29, 1.82) is 0 Å². The average Bonchev–Trinajstić information content (AvgIpc) is 2.68. The summed E-state index contributed by atoms with van der Waals surface area (Å²) in [6.45, 7) is 0.228. The van der Waals surface area contributed by atoms with E-state index in [1.165, 1.54) is 44.1 Å². The second kappa shape index (κ2) is 7.55. The minimum Gasteiger partial charge on any atom is -0.395 e. The van der Waals surface area contributed by atoms with E-state index in [9.17, 15) is 5.11 Å². The predicted molar refractivity (Wildman–Crippen MR) is 75.6 cm³/mol. The van der Waals surface area contributed by atoms with Crippen molar-refractivity contribution in [2.75, 3.05) is 6.61 Å². The monoisotopic (exact) mass is 247 g/mol. The van der Waals surface area contributed by atoms with Gasteiger partial charge in [-0.1, -0.05) is 56.0 Å². The third kappa shape index (κ3) is 4.43. The van der Waals surface area contributed by atoms with Crippen molar-refractivity contribution >= 4 is 0 Å². The minimum absolute atomic E-state index is 0.204. The summed E-state index contributed by atoms with van der Waals surface area (Å²) in [7, 11) is 0. The molecule has 0 bridgehead atoms. The van der Waals surface area contributed by atoms with E-state index in [4.69, 9.17) is 0 Å². The second-order valence-electron chi connectivity index (χ2n) is 5.42. The molecule has 1 aromatic carbocycles. The highest BCUT2D eigenvalue weighted by Gasteiger charge is 2.16. The van der Waals surface area contributed by atoms with Gasteiger partial charge < -0.3 is 10.4 Å². The molecule has 0 heterocycles. The first-order valence-corrected chi connectivity index (χ1v) is 7.29. The molecule has 1 aliphatic rings. The van der Waals surface area contributed by atoms with E-state index in [-0.39, 0.29) is 12.6 Å². The highest BCUT2D eigenvalue weighted by atomic mass is 16.3. The molecule has 0 amide bonds. The van der Waals surface area contributed by atoms with E-state index in [0.29, 0.717) is 6.04 Å². The predicted octanol–water partition coefficient (Wildman–Crippen LogP) is 2.90. The van der Waals surface area contributed by atoms with Gasteiger partial charge in [0.25, 0.3) is 0 Å². The third-order valence-corrected chi connectivity index (χ3v) is 3.87. The SMILES string of the molecule is OC[C@H](Cc1ccccc1)NC1CCCCCC1. The van der Waals surface area contributed by atoms with Crippen molar-refractivity contribution < 1.29 is 5.11 Å². The van der Waals surface area contributed by atoms with Crippen LogP contribution in [0.25, 0.3) is 0 Å². The third-order valence-electron chi connectivity index (χ3n) is 3.87. The zero-order valence-electron chi connectivity index (χ0n) is 11.1. The number of benzene rings is 1. The van der Waals surface area contributed by atoms with Gasteiger partial charge in [0.2, 0.25) is 0 Å². The summed E-state index contributed by atoms with van der Waals surface area (Å²) in [5, 5.41) is 13.2. The molecule has 1 fully saturated rings. The molecular formula is C16H25NO. The summed E-state index contributed by atoms with van der Waals surface area (Å²) in [6, 6.07) is 11.2. The molecule has 18 heavy (non-hydrogen) atoms. The van der Waals surface area contributed by atoms with Gasteiger partial charge in [-0.15, -0.1) is 0 Å². The van der Waals surface area contributed by atoms with Crippen LogP contribution in [-0.2, 0) is 6.42 Å². The van der Waals surface area contributed by atoms with Crippen molar-refractivity contribution in [3.8, 4) is 0 Å². The Morgan fingerprint density at radius 3 is 2.33 bits per heavy atom. The maximum absolute atomic E-state index is 9.53. The minimum atomic E-state index is 0.204. The van der Waals surface area contributed by atoms with Gasteiger partial charge in [0, 0.05) is 12.1 Å². The van der Waals surface area contributed by atoms with Gasteiger partial charge in [0.05, 0.1) is 6.61 Å². The summed E-state index contributed by atoms with van der Waals surface area (Å²) in [6.07, 6.45) is 8.88. The maximum atomic E-state index is 9.53. The lowest BCUT2D eigenvalue weighted by molar-refractivity contribution is 0.225. The molecule has 0 unspecified atom stereocenters. The molecule has 1 atom stereocenters. The summed E-state index contributed by atoms with van der Waals surface area (Å²) in [5.74, 6) is 0. The Morgan fingerprint density at radius 1 is 1.06 bits per heavy atom. The summed E-state index contributed by atoms with van der Waals surface area (Å²) < 4.78 is 0. The molecule has 2 nitrogen and oxygen atoms in total. The van der Waals surface area contributed by atoms with Gasteiger partial charge in [-0.2, -0.15) is 0 Å². The van der Waals surface area contributed by atoms with Gasteiger partial charge in [-0.25, -0.2) is 0 Å². The molecule has 0 spiro atoms. The highest BCUT2D eigenvalue weighted by molar-refractivity contribution is 5.15. The Hall–Kier alpha value is -0.860. The Balaban J connectivity index is 1.84. The lowest BCUT2D eigenvalue weighted by Crippen LogP contribution is -2.41. The van der Waals surface area contributed by atoms with Crippen LogP contribution in [0.1, 0.15) is 44.1 Å². The standard InChI is InChI=1S/C16H25NO/c18-13-16(12-14-8-4-3-5-9-14)17-15-10-6-1-2-7-11-15/h3-5,8-9,15-18H,1-2,6-7,10-13H2/t16-/m0/s1. The average molecular weight is 247 g/mol. The van der Waals surface area contributed by atoms with Crippen molar-refractivity contribution in [2.45, 2.75) is 57.0 Å². The normalized spacial score (nSPS) is 19.4. The number of aliphatic hydroxyl groups excluding tert-OH is 1. The molecule has 2 heteroatoms. The van der Waals surface area contributed by atoms with Gasteiger partial charge >= 0.3 is 0 Å². The molecule has 0 aromatic heterocycles. The lowest BCUT2D eigenvalue weighted by atomic mass is 10.0. The Labute approximate surface area is 110 Å². The smallest absolute Gasteiger partial charge is 0.0587 e. The molecule has 0 saturated heterocycles. The molecule has 1 aromatic rings. The fraction of sp³-hybridized carbons (Fsp3) is 0.625. The molecule has 2 rings (SSSR count). The van der Waals surface area contributed by atoms with Crippen molar-refractivity contribution in [3.63, 3.8) is 0 Å². The van der Waals surface area contributed by atoms with Crippen LogP contribution in [0.4, 0.5) is 0 Å². The fourth-order valence-electron chi connectivity index (χ4n) is 2.85. The lowest BCUT2D eigenvalue weighted by Gasteiger charge is -2.23. The van der Waals surface area contributed by atoms with Crippen LogP contribution >= 0.6 is 0 Å². The van der Waals surface area contributed by atoms with E-state index < -0.39 is 0 Å². The van der Waals surface area contributed by atoms with Gasteiger partial charge in [0.15, 0.2) is 0 Å². The summed E-state index contributed by atoms with van der Waals surface area (Å²) >= 11 is 0. The first-order valence-electron chi connectivity index (χ1n) is 7.29. The van der Waals surface area contributed by atoms with Crippen LogP contribution in [0.15, 0.2) is 30.3 Å². The largest absolute Gasteiger partial charge is 0.395 e. The van der Waals surface area contributed by atoms with E-state index in [0.717, 1.165) is 6.42 Å². The molecule has 0 radical (unpaired) electrons. The second-order valence-corrected chi connectivity index (χ2v) is 5.42. The quantitative estimate of drug-likeness (QED) is 0.784. The van der Waals surface area contributed by atoms with Crippen molar-refractivity contribution in [1.82, 2.24) is 5.32 Å². The summed E-state index contributed by atoms with van der Waals surface area (Å²) in [4.78, 5) is 0. The Bertz CT molecular complexity index is 317. The van der Waals surface area contributed by atoms with Crippen LogP contribution < -0.4 is 5.32 Å². The van der Waals surface area contributed by atoms with Crippen molar-refractivity contribution in [3.05, 3.63) is 35.9 Å². The van der Waals surface area contributed by atoms with Crippen LogP contribution in [0.3, 0.4) is 0 Å². The van der Waals surface area contributed by atoms with Crippen molar-refractivity contribution in [2.24, 2.45) is 0 Å². The fourth-order valence-corrected chi connectivity index (χ4v) is 2.85. The highest BCUT2D eigenvalue weighted by Crippen LogP contribution is 2.18. The number of aliphatic hydroxyl groups is 1. The number of rotatable bonds is 5. The van der Waals surface area contributed by atoms with Gasteiger partial charge in [-0.3, -0.25) is 0 Å². The molecule has 2 N–H and O–H groups in total. The van der Waals surface area contributed by atoms with Gasteiger partial charge in [-0.05, 0) is 24.8 Å². The van der Waals surface area contributed by atoms with E-state index >= 15 is 0 Å². The van der Waals surface area contributed by atoms with E-state index in [1.54, 1.807) is 0 Å². The zero-order chi connectivity index (χ0) is 12.6. The first kappa shape index (κ1) is 13.6. The number of hydrogen-bond acceptors (Lipinski definition) is 2. The molecule has 100 valence electrons. The van der Waals surface area contributed by atoms with Crippen LogP contribution in [0.2, 0.25) is 0 Å². The Kier molecular flexibility index (Phi) is 5.69. The molecule has 0 aliphatic heterocycles. The number of hydrogen-bond donors (Lipinski definition) is 2. The molecule has 1 saturated carbocycles. The maximum Gasteiger partial charge on any atom is 0.0587 e.